The maximum atomic E-state index is 5.96. The lowest BCUT2D eigenvalue weighted by Crippen LogP contribution is -2.43. The topological polar surface area (TPSA) is 36.9 Å². The normalized spacial score (nSPS) is 22.6. The zero-order chi connectivity index (χ0) is 22.8. The Bertz CT molecular complexity index is 799. The fraction of sp³-hybridized carbons (Fsp3) is 0.586. The van der Waals surface area contributed by atoms with E-state index in [2.05, 4.69) is 55.5 Å². The summed E-state index contributed by atoms with van der Waals surface area (Å²) >= 11 is 0. The molecule has 2 fully saturated rings. The van der Waals surface area contributed by atoms with E-state index in [9.17, 15) is 0 Å². The molecule has 4 rings (SSSR count). The smallest absolute Gasteiger partial charge is 0.282 e. The van der Waals surface area contributed by atoms with E-state index >= 15 is 0 Å². The van der Waals surface area contributed by atoms with Crippen LogP contribution in [0.1, 0.15) is 70.3 Å². The molecule has 0 bridgehead atoms. The Kier molecular flexibility index (Phi) is 9.22. The van der Waals surface area contributed by atoms with Crippen LogP contribution in [0, 0.1) is 5.92 Å². The SMILES string of the molecule is CCCCc1ccc(-c2ccc(OCCCCCCC3COC4(CCCO4)OC3)cc2)cc1. The molecular formula is C29H40O4. The highest BCUT2D eigenvalue weighted by atomic mass is 16.9. The Labute approximate surface area is 199 Å². The Morgan fingerprint density at radius 3 is 2.18 bits per heavy atom. The Morgan fingerprint density at radius 1 is 0.818 bits per heavy atom. The van der Waals surface area contributed by atoms with Crippen molar-refractivity contribution in [3.63, 3.8) is 0 Å². The van der Waals surface area contributed by atoms with E-state index in [0.717, 1.165) is 57.9 Å². The Hall–Kier alpha value is -1.88. The number of hydrogen-bond acceptors (Lipinski definition) is 4. The first kappa shape index (κ1) is 24.3. The average Bonchev–Trinajstić information content (AvgIpc) is 3.32. The first-order valence-electron chi connectivity index (χ1n) is 13.0. The molecule has 4 nitrogen and oxygen atoms in total. The van der Waals surface area contributed by atoms with Gasteiger partial charge < -0.3 is 18.9 Å². The predicted octanol–water partition coefficient (Wildman–Crippen LogP) is 7.15. The Morgan fingerprint density at radius 2 is 1.52 bits per heavy atom. The third kappa shape index (κ3) is 7.30. The lowest BCUT2D eigenvalue weighted by molar-refractivity contribution is -0.390. The molecule has 0 aromatic heterocycles. The largest absolute Gasteiger partial charge is 0.494 e. The highest BCUT2D eigenvalue weighted by molar-refractivity contribution is 5.64. The van der Waals surface area contributed by atoms with Gasteiger partial charge >= 0.3 is 0 Å². The molecule has 0 amide bonds. The van der Waals surface area contributed by atoms with Crippen LogP contribution in [-0.2, 0) is 20.6 Å². The molecule has 1 spiro atoms. The molecule has 180 valence electrons. The molecule has 0 saturated carbocycles. The van der Waals surface area contributed by atoms with E-state index < -0.39 is 5.97 Å². The molecule has 2 aliphatic heterocycles. The van der Waals surface area contributed by atoms with Crippen LogP contribution in [-0.4, -0.2) is 32.4 Å². The van der Waals surface area contributed by atoms with Crippen molar-refractivity contribution in [1.29, 1.82) is 0 Å². The second-order valence-electron chi connectivity index (χ2n) is 9.50. The highest BCUT2D eigenvalue weighted by Gasteiger charge is 2.41. The highest BCUT2D eigenvalue weighted by Crippen LogP contribution is 2.33. The van der Waals surface area contributed by atoms with Gasteiger partial charge in [0.15, 0.2) is 0 Å². The molecule has 0 radical (unpaired) electrons. The zero-order valence-electron chi connectivity index (χ0n) is 20.2. The number of benzene rings is 2. The molecule has 2 aromatic rings. The van der Waals surface area contributed by atoms with Gasteiger partial charge in [-0.2, -0.15) is 0 Å². The van der Waals surface area contributed by atoms with Gasteiger partial charge in [-0.25, -0.2) is 0 Å². The number of aryl methyl sites for hydroxylation is 1. The molecular weight excluding hydrogens is 412 g/mol. The van der Waals surface area contributed by atoms with Crippen LogP contribution in [0.15, 0.2) is 48.5 Å². The van der Waals surface area contributed by atoms with Crippen molar-refractivity contribution < 1.29 is 18.9 Å². The summed E-state index contributed by atoms with van der Waals surface area (Å²) in [6.45, 7) is 5.30. The van der Waals surface area contributed by atoms with E-state index in [0.29, 0.717) is 5.92 Å². The predicted molar refractivity (Wildman–Crippen MR) is 132 cm³/mol. The summed E-state index contributed by atoms with van der Waals surface area (Å²) < 4.78 is 23.3. The molecule has 0 aliphatic carbocycles. The lowest BCUT2D eigenvalue weighted by Gasteiger charge is -2.36. The Balaban J connectivity index is 1.07. The summed E-state index contributed by atoms with van der Waals surface area (Å²) in [5.74, 6) is 0.755. The number of ether oxygens (including phenoxy) is 4. The van der Waals surface area contributed by atoms with Gasteiger partial charge in [0.25, 0.3) is 5.97 Å². The molecule has 33 heavy (non-hydrogen) atoms. The molecule has 0 unspecified atom stereocenters. The second kappa shape index (κ2) is 12.5. The van der Waals surface area contributed by atoms with Crippen LogP contribution in [0.4, 0.5) is 0 Å². The van der Waals surface area contributed by atoms with E-state index in [1.807, 2.05) is 0 Å². The van der Waals surface area contributed by atoms with Gasteiger partial charge in [0.1, 0.15) is 5.75 Å². The molecule has 4 heteroatoms. The van der Waals surface area contributed by atoms with Crippen LogP contribution in [0.2, 0.25) is 0 Å². The molecule has 0 N–H and O–H groups in total. The van der Waals surface area contributed by atoms with Gasteiger partial charge in [-0.1, -0.05) is 69.0 Å². The average molecular weight is 453 g/mol. The first-order valence-corrected chi connectivity index (χ1v) is 13.0. The van der Waals surface area contributed by atoms with E-state index in [1.165, 1.54) is 55.2 Å². The van der Waals surface area contributed by atoms with Crippen molar-refractivity contribution >= 4 is 0 Å². The van der Waals surface area contributed by atoms with Gasteiger partial charge in [-0.15, -0.1) is 0 Å². The summed E-state index contributed by atoms with van der Waals surface area (Å²) in [5, 5.41) is 0. The van der Waals surface area contributed by atoms with Crippen LogP contribution < -0.4 is 4.74 Å². The standard InChI is InChI=1S/C29H40O4/c1-2-3-9-24-11-13-26(14-12-24)27-15-17-28(18-16-27)30-20-7-5-4-6-10-25-22-32-29(33-23-25)19-8-21-31-29/h11-18,25H,2-10,19-23H2,1H3. The van der Waals surface area contributed by atoms with Crippen molar-refractivity contribution in [3.05, 3.63) is 54.1 Å². The number of hydrogen-bond donors (Lipinski definition) is 0. The fourth-order valence-electron chi connectivity index (χ4n) is 4.63. The van der Waals surface area contributed by atoms with Gasteiger partial charge in [-0.3, -0.25) is 0 Å². The third-order valence-electron chi connectivity index (χ3n) is 6.76. The maximum absolute atomic E-state index is 5.96. The monoisotopic (exact) mass is 452 g/mol. The molecule has 2 aromatic carbocycles. The molecule has 2 aliphatic rings. The summed E-state index contributed by atoms with van der Waals surface area (Å²) in [6, 6.07) is 17.5. The van der Waals surface area contributed by atoms with Crippen LogP contribution in [0.5, 0.6) is 5.75 Å². The molecule has 2 saturated heterocycles. The summed E-state index contributed by atoms with van der Waals surface area (Å²) in [7, 11) is 0. The van der Waals surface area contributed by atoms with Crippen molar-refractivity contribution in [2.45, 2.75) is 77.1 Å². The zero-order valence-corrected chi connectivity index (χ0v) is 20.2. The van der Waals surface area contributed by atoms with Crippen molar-refractivity contribution in [1.82, 2.24) is 0 Å². The minimum absolute atomic E-state index is 0.502. The summed E-state index contributed by atoms with van der Waals surface area (Å²) in [5.41, 5.74) is 3.93. The van der Waals surface area contributed by atoms with Gasteiger partial charge in [-0.05, 0) is 60.9 Å². The second-order valence-corrected chi connectivity index (χ2v) is 9.50. The van der Waals surface area contributed by atoms with Crippen molar-refractivity contribution in [3.8, 4) is 16.9 Å². The van der Waals surface area contributed by atoms with Gasteiger partial charge in [0.05, 0.1) is 26.4 Å². The van der Waals surface area contributed by atoms with E-state index in [4.69, 9.17) is 18.9 Å². The first-order chi connectivity index (χ1) is 16.3. The van der Waals surface area contributed by atoms with Crippen LogP contribution in [0.25, 0.3) is 11.1 Å². The maximum Gasteiger partial charge on any atom is 0.282 e. The summed E-state index contributed by atoms with van der Waals surface area (Å²) in [4.78, 5) is 0. The fourth-order valence-corrected chi connectivity index (χ4v) is 4.63. The minimum atomic E-state index is -0.703. The van der Waals surface area contributed by atoms with E-state index in [1.54, 1.807) is 0 Å². The molecule has 2 heterocycles. The van der Waals surface area contributed by atoms with Crippen LogP contribution in [0.3, 0.4) is 0 Å². The van der Waals surface area contributed by atoms with Gasteiger partial charge in [0.2, 0.25) is 0 Å². The lowest BCUT2D eigenvalue weighted by atomic mass is 10.0. The number of rotatable bonds is 12. The van der Waals surface area contributed by atoms with Crippen molar-refractivity contribution in [2.75, 3.05) is 26.4 Å². The quantitative estimate of drug-likeness (QED) is 0.320. The van der Waals surface area contributed by atoms with Gasteiger partial charge in [0, 0.05) is 12.3 Å². The van der Waals surface area contributed by atoms with Crippen LogP contribution >= 0.6 is 0 Å². The number of unbranched alkanes of at least 4 members (excludes halogenated alkanes) is 4. The van der Waals surface area contributed by atoms with E-state index in [-0.39, 0.29) is 0 Å². The van der Waals surface area contributed by atoms with Crippen molar-refractivity contribution in [2.24, 2.45) is 5.92 Å². The summed E-state index contributed by atoms with van der Waals surface area (Å²) in [6.07, 6.45) is 11.5. The minimum Gasteiger partial charge on any atom is -0.494 e. The third-order valence-corrected chi connectivity index (χ3v) is 6.76. The molecule has 0 atom stereocenters.